The number of likely N-dealkylation sites (N-methyl/N-ethyl adjacent to an activating group) is 1. The molecule has 3 heteroatoms. The summed E-state index contributed by atoms with van der Waals surface area (Å²) in [5.74, 6) is -0.0469. The smallest absolute Gasteiger partial charge is 0.361 e. The predicted molar refractivity (Wildman–Crippen MR) is 94.9 cm³/mol. The number of hydrogen-bond acceptors (Lipinski definition) is 2. The van der Waals surface area contributed by atoms with E-state index in [1.54, 1.807) is 0 Å². The van der Waals surface area contributed by atoms with E-state index in [2.05, 4.69) is 27.9 Å². The quantitative estimate of drug-likeness (QED) is 0.243. The fourth-order valence-corrected chi connectivity index (χ4v) is 2.86. The first-order valence-corrected chi connectivity index (χ1v) is 9.49. The summed E-state index contributed by atoms with van der Waals surface area (Å²) in [5.41, 5.74) is 0. The summed E-state index contributed by atoms with van der Waals surface area (Å²) < 4.78 is 6.07. The highest BCUT2D eigenvalue weighted by Crippen LogP contribution is 2.10. The summed E-state index contributed by atoms with van der Waals surface area (Å²) in [6.07, 6.45) is 14.2. The van der Waals surface area contributed by atoms with E-state index < -0.39 is 0 Å². The van der Waals surface area contributed by atoms with Crippen molar-refractivity contribution in [3.05, 3.63) is 0 Å². The Kier molecular flexibility index (Phi) is 13.7. The normalized spacial score (nSPS) is 11.6. The number of unbranched alkanes of at least 4 members (excludes halogenated alkanes) is 9. The van der Waals surface area contributed by atoms with Gasteiger partial charge in [-0.1, -0.05) is 71.6 Å². The molecule has 0 aliphatic heterocycles. The third-order valence-corrected chi connectivity index (χ3v) is 4.15. The average molecular weight is 315 g/mol. The Bertz CT molecular complexity index is 264. The molecule has 0 rings (SSSR count). The van der Waals surface area contributed by atoms with Gasteiger partial charge in [-0.3, -0.25) is 0 Å². The van der Waals surface area contributed by atoms with Crippen LogP contribution in [0.2, 0.25) is 0 Å². The molecule has 132 valence electrons. The minimum Gasteiger partial charge on any atom is -0.462 e. The van der Waals surface area contributed by atoms with Crippen LogP contribution < -0.4 is 0 Å². The molecule has 0 radical (unpaired) electrons. The standard InChI is InChI=1S/C19H40NO2/c1-5-7-8-9-10-11-12-13-14-15-17-22-19(21)18-20(3,4)16-6-2/h5-18H2,1-4H3/q+1. The Morgan fingerprint density at radius 1 is 0.773 bits per heavy atom. The Morgan fingerprint density at radius 3 is 1.77 bits per heavy atom. The van der Waals surface area contributed by atoms with Crippen LogP contribution >= 0.6 is 0 Å². The molecule has 0 aromatic rings. The van der Waals surface area contributed by atoms with E-state index in [9.17, 15) is 4.79 Å². The van der Waals surface area contributed by atoms with Gasteiger partial charge in [0.15, 0.2) is 6.54 Å². The fraction of sp³-hybridized carbons (Fsp3) is 0.947. The van der Waals surface area contributed by atoms with Crippen LogP contribution in [-0.2, 0) is 9.53 Å². The van der Waals surface area contributed by atoms with E-state index in [1.807, 2.05) is 0 Å². The number of rotatable bonds is 15. The molecule has 0 bridgehead atoms. The van der Waals surface area contributed by atoms with Crippen LogP contribution in [0.1, 0.15) is 84.5 Å². The van der Waals surface area contributed by atoms with E-state index >= 15 is 0 Å². The van der Waals surface area contributed by atoms with Gasteiger partial charge in [-0.25, -0.2) is 4.79 Å². The van der Waals surface area contributed by atoms with Crippen LogP contribution in [0.15, 0.2) is 0 Å². The highest BCUT2D eigenvalue weighted by atomic mass is 16.5. The molecule has 22 heavy (non-hydrogen) atoms. The van der Waals surface area contributed by atoms with E-state index in [0.29, 0.717) is 13.2 Å². The summed E-state index contributed by atoms with van der Waals surface area (Å²) in [6.45, 7) is 6.52. The Labute approximate surface area is 139 Å². The first kappa shape index (κ1) is 21.4. The lowest BCUT2D eigenvalue weighted by Crippen LogP contribution is -2.44. The van der Waals surface area contributed by atoms with Crippen molar-refractivity contribution in [1.29, 1.82) is 0 Å². The van der Waals surface area contributed by atoms with Gasteiger partial charge in [0, 0.05) is 0 Å². The van der Waals surface area contributed by atoms with Gasteiger partial charge in [0.1, 0.15) is 0 Å². The topological polar surface area (TPSA) is 26.3 Å². The van der Waals surface area contributed by atoms with Gasteiger partial charge in [0.2, 0.25) is 0 Å². The Morgan fingerprint density at radius 2 is 1.27 bits per heavy atom. The van der Waals surface area contributed by atoms with Crippen LogP contribution in [0.3, 0.4) is 0 Å². The maximum Gasteiger partial charge on any atom is 0.361 e. The Balaban J connectivity index is 3.34. The summed E-state index contributed by atoms with van der Waals surface area (Å²) in [4.78, 5) is 11.8. The molecular weight excluding hydrogens is 274 g/mol. The van der Waals surface area contributed by atoms with E-state index in [1.165, 1.54) is 57.8 Å². The maximum absolute atomic E-state index is 11.8. The molecule has 0 saturated heterocycles. The van der Waals surface area contributed by atoms with Crippen molar-refractivity contribution in [2.75, 3.05) is 33.8 Å². The Hall–Kier alpha value is -0.570. The number of nitrogens with zero attached hydrogens (tertiary/aromatic N) is 1. The van der Waals surface area contributed by atoms with Gasteiger partial charge in [0.05, 0.1) is 27.2 Å². The summed E-state index contributed by atoms with van der Waals surface area (Å²) in [5, 5.41) is 0. The number of ether oxygens (including phenoxy) is 1. The third-order valence-electron chi connectivity index (χ3n) is 4.15. The summed E-state index contributed by atoms with van der Waals surface area (Å²) in [6, 6.07) is 0. The van der Waals surface area contributed by atoms with Crippen molar-refractivity contribution >= 4 is 5.97 Å². The largest absolute Gasteiger partial charge is 0.462 e. The molecule has 0 unspecified atom stereocenters. The molecule has 0 saturated carbocycles. The van der Waals surface area contributed by atoms with Crippen LogP contribution in [0, 0.1) is 0 Å². The lowest BCUT2D eigenvalue weighted by atomic mass is 10.1. The molecule has 0 fully saturated rings. The zero-order chi connectivity index (χ0) is 16.7. The number of esters is 1. The van der Waals surface area contributed by atoms with Crippen molar-refractivity contribution < 1.29 is 14.0 Å². The van der Waals surface area contributed by atoms with E-state index in [-0.39, 0.29) is 5.97 Å². The minimum absolute atomic E-state index is 0.0469. The van der Waals surface area contributed by atoms with Crippen molar-refractivity contribution in [3.8, 4) is 0 Å². The molecular formula is C19H40NO2+. The zero-order valence-electron chi connectivity index (χ0n) is 15.7. The first-order valence-electron chi connectivity index (χ1n) is 9.49. The van der Waals surface area contributed by atoms with Crippen LogP contribution in [0.5, 0.6) is 0 Å². The molecule has 0 N–H and O–H groups in total. The minimum atomic E-state index is -0.0469. The van der Waals surface area contributed by atoms with Gasteiger partial charge in [-0.2, -0.15) is 0 Å². The van der Waals surface area contributed by atoms with Crippen molar-refractivity contribution in [2.45, 2.75) is 84.5 Å². The second-order valence-electron chi connectivity index (χ2n) is 7.22. The van der Waals surface area contributed by atoms with Crippen LogP contribution in [0.4, 0.5) is 0 Å². The highest BCUT2D eigenvalue weighted by molar-refractivity contribution is 5.70. The lowest BCUT2D eigenvalue weighted by molar-refractivity contribution is -0.883. The number of carbonyl (C=O) groups is 1. The van der Waals surface area contributed by atoms with Crippen molar-refractivity contribution in [2.24, 2.45) is 0 Å². The predicted octanol–water partition coefficient (Wildman–Crippen LogP) is 4.94. The molecule has 0 atom stereocenters. The van der Waals surface area contributed by atoms with Crippen LogP contribution in [0.25, 0.3) is 0 Å². The van der Waals surface area contributed by atoms with E-state index in [0.717, 1.165) is 23.9 Å². The van der Waals surface area contributed by atoms with Crippen molar-refractivity contribution in [3.63, 3.8) is 0 Å². The molecule has 0 aliphatic carbocycles. The zero-order valence-corrected chi connectivity index (χ0v) is 15.7. The van der Waals surface area contributed by atoms with Gasteiger partial charge in [-0.05, 0) is 12.8 Å². The van der Waals surface area contributed by atoms with Gasteiger partial charge in [0.25, 0.3) is 0 Å². The SMILES string of the molecule is CCCCCCCCCCCCOC(=O)C[N+](C)(C)CCC. The van der Waals surface area contributed by atoms with Crippen LogP contribution in [-0.4, -0.2) is 44.2 Å². The second-order valence-corrected chi connectivity index (χ2v) is 7.22. The number of quaternary nitrogens is 1. The second kappa shape index (κ2) is 14.0. The lowest BCUT2D eigenvalue weighted by Gasteiger charge is -2.27. The maximum atomic E-state index is 11.8. The number of carbonyl (C=O) groups excluding carboxylic acids is 1. The van der Waals surface area contributed by atoms with E-state index in [4.69, 9.17) is 4.74 Å². The molecule has 3 nitrogen and oxygen atoms in total. The molecule has 0 amide bonds. The van der Waals surface area contributed by atoms with Gasteiger partial charge >= 0.3 is 5.97 Å². The first-order chi connectivity index (χ1) is 10.5. The molecule has 0 aliphatic rings. The van der Waals surface area contributed by atoms with Crippen molar-refractivity contribution in [1.82, 2.24) is 0 Å². The summed E-state index contributed by atoms with van der Waals surface area (Å²) >= 11 is 0. The third kappa shape index (κ3) is 14.4. The molecule has 0 heterocycles. The van der Waals surface area contributed by atoms with Gasteiger partial charge < -0.3 is 9.22 Å². The molecule has 0 aromatic heterocycles. The molecule has 0 aromatic carbocycles. The monoisotopic (exact) mass is 314 g/mol. The van der Waals surface area contributed by atoms with Gasteiger partial charge in [-0.15, -0.1) is 0 Å². The summed E-state index contributed by atoms with van der Waals surface area (Å²) in [7, 11) is 4.18. The number of hydrogen-bond donors (Lipinski definition) is 0. The highest BCUT2D eigenvalue weighted by Gasteiger charge is 2.19. The average Bonchev–Trinajstić information content (AvgIpc) is 2.44. The molecule has 0 spiro atoms. The fourth-order valence-electron chi connectivity index (χ4n) is 2.86.